The third-order valence-electron chi connectivity index (χ3n) is 16.9. The number of carbonyl (C=O) groups excluding carboxylic acids is 3. The van der Waals surface area contributed by atoms with Crippen molar-refractivity contribution in [1.82, 2.24) is 0 Å². The molecular weight excluding hydrogens is 1010 g/mol. The molecule has 1 unspecified atom stereocenters. The monoisotopic (exact) mass is 1150 g/mol. The molecule has 0 rings (SSSR count). The van der Waals surface area contributed by atoms with E-state index in [0.29, 0.717) is 19.3 Å². The molecule has 6 nitrogen and oxygen atoms in total. The lowest BCUT2D eigenvalue weighted by Crippen LogP contribution is -2.30. The van der Waals surface area contributed by atoms with Gasteiger partial charge in [0.05, 0.1) is 0 Å². The average molecular weight is 1150 g/mol. The predicted molar refractivity (Wildman–Crippen MR) is 358 cm³/mol. The first kappa shape index (κ1) is 79.6. The second-order valence-electron chi connectivity index (χ2n) is 25.2. The van der Waals surface area contributed by atoms with Gasteiger partial charge in [0, 0.05) is 19.3 Å². The SMILES string of the molecule is CCCCCCC/C=C\C/C=C\C/C=C\CCCCCCCCCCCCC(=O)OC(COC(=O)CCCCCCCCCCCCC)COC(=O)CCCCCCCCCCCCCCCCCCCCCCCCCCCCCC. The maximum atomic E-state index is 13.0. The average Bonchev–Trinajstić information content (AvgIpc) is 3.48. The molecule has 0 bridgehead atoms. The van der Waals surface area contributed by atoms with E-state index in [0.717, 1.165) is 70.6 Å². The summed E-state index contributed by atoms with van der Waals surface area (Å²) < 4.78 is 17.0. The van der Waals surface area contributed by atoms with Crippen molar-refractivity contribution in [2.24, 2.45) is 0 Å². The quantitative estimate of drug-likeness (QED) is 0.0261. The van der Waals surface area contributed by atoms with E-state index < -0.39 is 6.10 Å². The number of esters is 3. The van der Waals surface area contributed by atoms with Crippen LogP contribution in [-0.4, -0.2) is 37.2 Å². The van der Waals surface area contributed by atoms with Gasteiger partial charge in [0.15, 0.2) is 6.10 Å². The maximum absolute atomic E-state index is 13.0. The van der Waals surface area contributed by atoms with Crippen molar-refractivity contribution in [3.8, 4) is 0 Å². The molecule has 82 heavy (non-hydrogen) atoms. The summed E-state index contributed by atoms with van der Waals surface area (Å²) in [6.45, 7) is 6.70. The minimum atomic E-state index is -0.772. The van der Waals surface area contributed by atoms with Crippen LogP contribution >= 0.6 is 0 Å². The minimum Gasteiger partial charge on any atom is -0.462 e. The number of unbranched alkanes of at least 4 members (excludes halogenated alkanes) is 52. The topological polar surface area (TPSA) is 78.9 Å². The van der Waals surface area contributed by atoms with Crippen LogP contribution in [0.3, 0.4) is 0 Å². The molecule has 0 aliphatic heterocycles. The number of rotatable bonds is 69. The number of carbonyl (C=O) groups is 3. The highest BCUT2D eigenvalue weighted by Gasteiger charge is 2.20. The highest BCUT2D eigenvalue weighted by molar-refractivity contribution is 5.71. The zero-order chi connectivity index (χ0) is 59.2. The van der Waals surface area contributed by atoms with Gasteiger partial charge in [-0.1, -0.05) is 372 Å². The molecule has 0 aromatic heterocycles. The van der Waals surface area contributed by atoms with Crippen LogP contribution in [0.1, 0.15) is 412 Å². The molecule has 0 aliphatic carbocycles. The van der Waals surface area contributed by atoms with Crippen LogP contribution in [0.5, 0.6) is 0 Å². The Morgan fingerprint density at radius 2 is 0.439 bits per heavy atom. The summed E-state index contributed by atoms with van der Waals surface area (Å²) in [4.78, 5) is 38.4. The van der Waals surface area contributed by atoms with Gasteiger partial charge in [0.2, 0.25) is 0 Å². The highest BCUT2D eigenvalue weighted by Crippen LogP contribution is 2.19. The van der Waals surface area contributed by atoms with Crippen molar-refractivity contribution >= 4 is 17.9 Å². The number of allylic oxidation sites excluding steroid dienone is 6. The normalized spacial score (nSPS) is 12.2. The molecule has 0 spiro atoms. The lowest BCUT2D eigenvalue weighted by Gasteiger charge is -2.18. The first-order valence-corrected chi connectivity index (χ1v) is 37.0. The van der Waals surface area contributed by atoms with E-state index in [4.69, 9.17) is 14.2 Å². The van der Waals surface area contributed by atoms with Crippen LogP contribution in [0, 0.1) is 0 Å². The smallest absolute Gasteiger partial charge is 0.306 e. The fourth-order valence-corrected chi connectivity index (χ4v) is 11.3. The molecule has 0 fully saturated rings. The summed E-state index contributed by atoms with van der Waals surface area (Å²) in [6, 6.07) is 0. The minimum absolute atomic E-state index is 0.0677. The number of hydrogen-bond acceptors (Lipinski definition) is 6. The van der Waals surface area contributed by atoms with E-state index in [1.807, 2.05) is 0 Å². The molecule has 0 saturated heterocycles. The summed E-state index contributed by atoms with van der Waals surface area (Å²) in [5.74, 6) is -0.842. The summed E-state index contributed by atoms with van der Waals surface area (Å²) in [6.07, 6.45) is 89.1. The molecule has 0 aliphatic rings. The lowest BCUT2D eigenvalue weighted by atomic mass is 10.0. The molecule has 0 amide bonds. The van der Waals surface area contributed by atoms with Gasteiger partial charge in [-0.25, -0.2) is 0 Å². The van der Waals surface area contributed by atoms with Gasteiger partial charge in [0.25, 0.3) is 0 Å². The molecule has 0 radical (unpaired) electrons. The van der Waals surface area contributed by atoms with E-state index in [2.05, 4.69) is 57.2 Å². The van der Waals surface area contributed by atoms with E-state index in [1.165, 1.54) is 302 Å². The van der Waals surface area contributed by atoms with Crippen LogP contribution in [-0.2, 0) is 28.6 Å². The van der Waals surface area contributed by atoms with Crippen LogP contribution in [0.15, 0.2) is 36.5 Å². The van der Waals surface area contributed by atoms with Crippen molar-refractivity contribution in [2.75, 3.05) is 13.2 Å². The molecule has 0 saturated carbocycles. The van der Waals surface area contributed by atoms with Crippen LogP contribution in [0.25, 0.3) is 0 Å². The van der Waals surface area contributed by atoms with Crippen molar-refractivity contribution in [3.63, 3.8) is 0 Å². The Balaban J connectivity index is 4.15. The fourth-order valence-electron chi connectivity index (χ4n) is 11.3. The zero-order valence-electron chi connectivity index (χ0n) is 55.5. The van der Waals surface area contributed by atoms with Crippen LogP contribution in [0.2, 0.25) is 0 Å². The summed E-state index contributed by atoms with van der Waals surface area (Å²) in [7, 11) is 0. The Hall–Kier alpha value is -2.37. The molecule has 0 aromatic rings. The van der Waals surface area contributed by atoms with E-state index in [1.54, 1.807) is 0 Å². The van der Waals surface area contributed by atoms with Crippen molar-refractivity contribution < 1.29 is 28.6 Å². The Kier molecular flexibility index (Phi) is 69.1. The van der Waals surface area contributed by atoms with Crippen molar-refractivity contribution in [3.05, 3.63) is 36.5 Å². The molecule has 0 N–H and O–H groups in total. The van der Waals surface area contributed by atoms with Gasteiger partial charge in [0.1, 0.15) is 13.2 Å². The highest BCUT2D eigenvalue weighted by atomic mass is 16.6. The second-order valence-corrected chi connectivity index (χ2v) is 25.2. The number of ether oxygens (including phenoxy) is 3. The maximum Gasteiger partial charge on any atom is 0.306 e. The Morgan fingerprint density at radius 1 is 0.244 bits per heavy atom. The Bertz CT molecular complexity index is 1370. The summed E-state index contributed by atoms with van der Waals surface area (Å²) in [5.41, 5.74) is 0. The molecule has 0 heterocycles. The molecule has 482 valence electrons. The second kappa shape index (κ2) is 71.1. The molecule has 6 heteroatoms. The Labute approximate surface area is 512 Å². The molecule has 0 aromatic carbocycles. The molecular formula is C76H142O6. The number of hydrogen-bond donors (Lipinski definition) is 0. The summed E-state index contributed by atoms with van der Waals surface area (Å²) >= 11 is 0. The van der Waals surface area contributed by atoms with Crippen molar-refractivity contribution in [2.45, 2.75) is 419 Å². The van der Waals surface area contributed by atoms with Gasteiger partial charge < -0.3 is 14.2 Å². The fraction of sp³-hybridized carbons (Fsp3) is 0.882. The first-order chi connectivity index (χ1) is 40.5. The Morgan fingerprint density at radius 3 is 0.683 bits per heavy atom. The first-order valence-electron chi connectivity index (χ1n) is 37.0. The van der Waals surface area contributed by atoms with Crippen LogP contribution < -0.4 is 0 Å². The van der Waals surface area contributed by atoms with Crippen LogP contribution in [0.4, 0.5) is 0 Å². The van der Waals surface area contributed by atoms with Gasteiger partial charge in [-0.05, 0) is 57.8 Å². The predicted octanol–water partition coefficient (Wildman–Crippen LogP) is 25.5. The van der Waals surface area contributed by atoms with Gasteiger partial charge >= 0.3 is 17.9 Å². The van der Waals surface area contributed by atoms with E-state index in [-0.39, 0.29) is 31.1 Å². The zero-order valence-corrected chi connectivity index (χ0v) is 55.5. The van der Waals surface area contributed by atoms with Crippen molar-refractivity contribution in [1.29, 1.82) is 0 Å². The lowest BCUT2D eigenvalue weighted by molar-refractivity contribution is -0.167. The van der Waals surface area contributed by atoms with E-state index in [9.17, 15) is 14.4 Å². The third kappa shape index (κ3) is 68.4. The van der Waals surface area contributed by atoms with Gasteiger partial charge in [-0.3, -0.25) is 14.4 Å². The van der Waals surface area contributed by atoms with Gasteiger partial charge in [-0.15, -0.1) is 0 Å². The van der Waals surface area contributed by atoms with Gasteiger partial charge in [-0.2, -0.15) is 0 Å². The largest absolute Gasteiger partial charge is 0.462 e. The standard InChI is InChI=1S/C76H142O6/c1-4-7-10-13-16-19-22-24-26-28-30-32-34-36-37-38-40-41-43-45-47-49-51-54-57-60-63-66-69-75(78)81-72-73(71-80-74(77)68-65-62-59-56-53-21-18-15-12-9-6-3)82-76(79)70-67-64-61-58-55-52-50-48-46-44-42-39-35-33-31-29-27-25-23-20-17-14-11-8-5-2/h23,25,29,31,35,39,73H,4-22,24,26-28,30,32-34,36-38,40-72H2,1-3H3/b25-23-,31-29-,39-35-. The molecule has 1 atom stereocenters. The van der Waals surface area contributed by atoms with E-state index >= 15 is 0 Å². The summed E-state index contributed by atoms with van der Waals surface area (Å²) in [5, 5.41) is 0. The third-order valence-corrected chi connectivity index (χ3v) is 16.9.